The van der Waals surface area contributed by atoms with Crippen molar-refractivity contribution < 1.29 is 14.0 Å². The number of benzene rings is 3. The highest BCUT2D eigenvalue weighted by Crippen LogP contribution is 2.46. The molecule has 0 radical (unpaired) electrons. The van der Waals surface area contributed by atoms with E-state index in [1.54, 1.807) is 24.3 Å². The summed E-state index contributed by atoms with van der Waals surface area (Å²) in [6.07, 6.45) is 1.00. The van der Waals surface area contributed by atoms with Gasteiger partial charge in [0.25, 0.3) is 5.91 Å². The molecule has 0 aromatic heterocycles. The van der Waals surface area contributed by atoms with Gasteiger partial charge < -0.3 is 10.6 Å². The van der Waals surface area contributed by atoms with Gasteiger partial charge in [-0.3, -0.25) is 9.59 Å². The minimum atomic E-state index is -0.610. The van der Waals surface area contributed by atoms with Crippen LogP contribution in [0.2, 0.25) is 5.02 Å². The molecule has 1 amide bonds. The fourth-order valence-electron chi connectivity index (χ4n) is 5.07. The molecule has 3 aromatic carbocycles. The third kappa shape index (κ3) is 4.52. The van der Waals surface area contributed by atoms with Crippen molar-refractivity contribution in [3.8, 4) is 0 Å². The zero-order valence-corrected chi connectivity index (χ0v) is 19.9. The normalized spacial score (nSPS) is 19.8. The van der Waals surface area contributed by atoms with Crippen LogP contribution in [0.3, 0.4) is 0 Å². The second-order valence-electron chi connectivity index (χ2n) is 8.92. The van der Waals surface area contributed by atoms with Gasteiger partial charge in [0.1, 0.15) is 5.82 Å². The van der Waals surface area contributed by atoms with Crippen LogP contribution in [0.4, 0.5) is 10.1 Å². The quantitative estimate of drug-likeness (QED) is 0.443. The lowest BCUT2D eigenvalue weighted by Crippen LogP contribution is -2.37. The molecule has 0 saturated heterocycles. The van der Waals surface area contributed by atoms with E-state index in [0.29, 0.717) is 34.7 Å². The van der Waals surface area contributed by atoms with E-state index in [1.165, 1.54) is 12.1 Å². The fourth-order valence-corrected chi connectivity index (χ4v) is 5.27. The van der Waals surface area contributed by atoms with E-state index in [2.05, 4.69) is 10.6 Å². The van der Waals surface area contributed by atoms with E-state index in [-0.39, 0.29) is 17.4 Å². The van der Waals surface area contributed by atoms with E-state index < -0.39 is 17.6 Å². The fraction of sp³-hybridized carbons (Fsp3) is 0.172. The Labute approximate surface area is 208 Å². The molecule has 2 aliphatic rings. The van der Waals surface area contributed by atoms with Crippen LogP contribution in [-0.4, -0.2) is 11.7 Å². The van der Waals surface area contributed by atoms with Crippen molar-refractivity contribution in [1.29, 1.82) is 0 Å². The third-order valence-corrected chi connectivity index (χ3v) is 6.88. The minimum Gasteiger partial charge on any atom is -0.362 e. The number of halogens is 2. The summed E-state index contributed by atoms with van der Waals surface area (Å²) in [5.74, 6) is -1.56. The molecule has 6 heteroatoms. The summed E-state index contributed by atoms with van der Waals surface area (Å²) in [7, 11) is 0. The van der Waals surface area contributed by atoms with Gasteiger partial charge in [-0.05, 0) is 54.7 Å². The lowest BCUT2D eigenvalue weighted by Gasteiger charge is -2.37. The number of rotatable bonds is 4. The van der Waals surface area contributed by atoms with Crippen molar-refractivity contribution in [3.63, 3.8) is 0 Å². The molecule has 1 heterocycles. The topological polar surface area (TPSA) is 58.2 Å². The second-order valence-corrected chi connectivity index (χ2v) is 9.35. The Kier molecular flexibility index (Phi) is 6.27. The van der Waals surface area contributed by atoms with Gasteiger partial charge >= 0.3 is 0 Å². The van der Waals surface area contributed by atoms with Gasteiger partial charge in [-0.2, -0.15) is 0 Å². The standard InChI is InChI=1S/C29H24ClFN2O2/c1-17-26(29(35)33-23-13-6-5-12-22(23)31)27(19-10-7-11-21(30)14-19)28-24(32-17)15-20(16-25(28)34)18-8-3-2-4-9-18/h2-14,20,27,32H,15-16H2,1H3,(H,33,35)/t20-,27-/m1/s1. The summed E-state index contributed by atoms with van der Waals surface area (Å²) in [4.78, 5) is 27.1. The molecule has 2 N–H and O–H groups in total. The molecule has 0 fully saturated rings. The van der Waals surface area contributed by atoms with E-state index in [4.69, 9.17) is 11.6 Å². The molecule has 176 valence electrons. The number of hydrogen-bond acceptors (Lipinski definition) is 3. The average molecular weight is 487 g/mol. The first-order valence-electron chi connectivity index (χ1n) is 11.5. The Hall–Kier alpha value is -3.70. The summed E-state index contributed by atoms with van der Waals surface area (Å²) in [6, 6.07) is 23.2. The molecule has 0 saturated carbocycles. The van der Waals surface area contributed by atoms with Gasteiger partial charge in [-0.1, -0.05) is 66.2 Å². The number of nitrogens with one attached hydrogen (secondary N) is 2. The number of ketones is 1. The van der Waals surface area contributed by atoms with Crippen molar-refractivity contribution >= 4 is 29.0 Å². The van der Waals surface area contributed by atoms with Crippen LogP contribution in [-0.2, 0) is 9.59 Å². The van der Waals surface area contributed by atoms with Gasteiger partial charge in [0.2, 0.25) is 0 Å². The summed E-state index contributed by atoms with van der Waals surface area (Å²) in [5, 5.41) is 6.55. The molecular weight excluding hydrogens is 463 g/mol. The average Bonchev–Trinajstić information content (AvgIpc) is 2.85. The van der Waals surface area contributed by atoms with Crippen LogP contribution in [0.1, 0.15) is 42.7 Å². The molecule has 0 unspecified atom stereocenters. The van der Waals surface area contributed by atoms with Crippen LogP contribution < -0.4 is 10.6 Å². The van der Waals surface area contributed by atoms with E-state index in [0.717, 1.165) is 16.8 Å². The minimum absolute atomic E-state index is 0.0127. The number of anilines is 1. The van der Waals surface area contributed by atoms with E-state index in [1.807, 2.05) is 49.4 Å². The van der Waals surface area contributed by atoms with Crippen molar-refractivity contribution in [2.75, 3.05) is 5.32 Å². The summed E-state index contributed by atoms with van der Waals surface area (Å²) in [6.45, 7) is 1.81. The number of allylic oxidation sites excluding steroid dienone is 3. The predicted octanol–water partition coefficient (Wildman–Crippen LogP) is 6.48. The highest BCUT2D eigenvalue weighted by molar-refractivity contribution is 6.30. The monoisotopic (exact) mass is 486 g/mol. The lowest BCUT2D eigenvalue weighted by atomic mass is 9.71. The molecular formula is C29H24ClFN2O2. The molecule has 0 spiro atoms. The number of carbonyl (C=O) groups is 2. The van der Waals surface area contributed by atoms with Gasteiger partial charge in [-0.25, -0.2) is 4.39 Å². The largest absolute Gasteiger partial charge is 0.362 e. The Balaban J connectivity index is 1.58. The first-order valence-corrected chi connectivity index (χ1v) is 11.9. The predicted molar refractivity (Wildman–Crippen MR) is 136 cm³/mol. The van der Waals surface area contributed by atoms with Crippen LogP contribution >= 0.6 is 11.6 Å². The molecule has 1 aliphatic carbocycles. The van der Waals surface area contributed by atoms with Gasteiger partial charge in [0.05, 0.1) is 5.69 Å². The lowest BCUT2D eigenvalue weighted by molar-refractivity contribution is -0.116. The third-order valence-electron chi connectivity index (χ3n) is 6.65. The zero-order valence-electron chi connectivity index (χ0n) is 19.1. The number of hydrogen-bond donors (Lipinski definition) is 2. The van der Waals surface area contributed by atoms with Crippen LogP contribution in [0.25, 0.3) is 0 Å². The number of carbonyl (C=O) groups excluding carboxylic acids is 2. The van der Waals surface area contributed by atoms with Gasteiger partial charge in [0, 0.05) is 39.9 Å². The van der Waals surface area contributed by atoms with Crippen molar-refractivity contribution in [2.45, 2.75) is 31.6 Å². The summed E-state index contributed by atoms with van der Waals surface area (Å²) >= 11 is 6.31. The Morgan fingerprint density at radius 1 is 0.971 bits per heavy atom. The SMILES string of the molecule is CC1=C(C(=O)Nc2ccccc2F)[C@@H](c2cccc(Cl)c2)C2=C(C[C@@H](c3ccccc3)CC2=O)N1. The van der Waals surface area contributed by atoms with Gasteiger partial charge in [-0.15, -0.1) is 0 Å². The molecule has 0 bridgehead atoms. The molecule has 2 atom stereocenters. The molecule has 35 heavy (non-hydrogen) atoms. The molecule has 5 rings (SSSR count). The number of para-hydroxylation sites is 1. The summed E-state index contributed by atoms with van der Waals surface area (Å²) in [5.41, 5.74) is 4.34. The highest BCUT2D eigenvalue weighted by atomic mass is 35.5. The maximum atomic E-state index is 14.3. The maximum absolute atomic E-state index is 14.3. The highest BCUT2D eigenvalue weighted by Gasteiger charge is 2.41. The molecule has 1 aliphatic heterocycles. The Morgan fingerprint density at radius 3 is 2.43 bits per heavy atom. The Bertz CT molecular complexity index is 1380. The van der Waals surface area contributed by atoms with Crippen molar-refractivity contribution in [3.05, 3.63) is 123 Å². The molecule has 4 nitrogen and oxygen atoms in total. The first-order chi connectivity index (χ1) is 16.9. The van der Waals surface area contributed by atoms with E-state index in [9.17, 15) is 14.0 Å². The van der Waals surface area contributed by atoms with E-state index >= 15 is 0 Å². The van der Waals surface area contributed by atoms with Crippen LogP contribution in [0, 0.1) is 5.82 Å². The number of Topliss-reactive ketones (excluding diaryl/α,β-unsaturated/α-hetero) is 1. The second kappa shape index (κ2) is 9.51. The van der Waals surface area contributed by atoms with Crippen molar-refractivity contribution in [2.24, 2.45) is 0 Å². The van der Waals surface area contributed by atoms with Crippen molar-refractivity contribution in [1.82, 2.24) is 5.32 Å². The van der Waals surface area contributed by atoms with Gasteiger partial charge in [0.15, 0.2) is 5.78 Å². The molecule has 3 aromatic rings. The maximum Gasteiger partial charge on any atom is 0.254 e. The first kappa shape index (κ1) is 23.1. The number of amides is 1. The van der Waals surface area contributed by atoms with Crippen LogP contribution in [0.5, 0.6) is 0 Å². The number of dihydropyridines is 1. The summed E-state index contributed by atoms with van der Waals surface area (Å²) < 4.78 is 14.3. The zero-order chi connectivity index (χ0) is 24.5. The Morgan fingerprint density at radius 2 is 1.69 bits per heavy atom. The smallest absolute Gasteiger partial charge is 0.254 e. The van der Waals surface area contributed by atoms with Crippen LogP contribution in [0.15, 0.2) is 101 Å².